The second kappa shape index (κ2) is 9.70. The van der Waals surface area contributed by atoms with Crippen LogP contribution in [0.1, 0.15) is 29.5 Å². The zero-order chi connectivity index (χ0) is 23.0. The summed E-state index contributed by atoms with van der Waals surface area (Å²) in [6.45, 7) is 3.16. The predicted octanol–water partition coefficient (Wildman–Crippen LogP) is 3.69. The Labute approximate surface area is 202 Å². The normalized spacial score (nSPS) is 16.3. The molecule has 0 radical (unpaired) electrons. The molecule has 0 spiro atoms. The third-order valence-electron chi connectivity index (χ3n) is 6.61. The van der Waals surface area contributed by atoms with E-state index in [0.717, 1.165) is 57.1 Å². The molecular formula is C27H29NO5S. The Balaban J connectivity index is 0.00000274. The van der Waals surface area contributed by atoms with Gasteiger partial charge in [-0.1, -0.05) is 36.4 Å². The van der Waals surface area contributed by atoms with E-state index in [2.05, 4.69) is 23.8 Å². The van der Waals surface area contributed by atoms with Crippen LogP contribution in [0.25, 0.3) is 11.1 Å². The molecule has 34 heavy (non-hydrogen) atoms. The van der Waals surface area contributed by atoms with E-state index >= 15 is 0 Å². The molecule has 1 aliphatic carbocycles. The molecule has 0 aromatic heterocycles. The molecule has 0 amide bonds. The van der Waals surface area contributed by atoms with Crippen LogP contribution in [0.3, 0.4) is 0 Å². The molecule has 0 saturated heterocycles. The highest BCUT2D eigenvalue weighted by Gasteiger charge is 2.50. The Morgan fingerprint density at radius 2 is 1.68 bits per heavy atom. The number of fused-ring (bicyclic) bond motifs is 1. The minimum atomic E-state index is -1.21. The van der Waals surface area contributed by atoms with Crippen molar-refractivity contribution in [2.24, 2.45) is 0 Å². The molecule has 3 N–H and O–H groups in total. The average Bonchev–Trinajstić information content (AvgIpc) is 3.67. The lowest BCUT2D eigenvalue weighted by molar-refractivity contribution is -0.120. The molecule has 178 valence electrons. The molecule has 1 fully saturated rings. The molecule has 0 bridgehead atoms. The minimum absolute atomic E-state index is 0. The van der Waals surface area contributed by atoms with Crippen molar-refractivity contribution in [1.29, 1.82) is 0 Å². The first-order valence-electron chi connectivity index (χ1n) is 11.2. The number of rotatable bonds is 7. The van der Waals surface area contributed by atoms with Gasteiger partial charge in [-0.25, -0.2) is 8.93 Å². The van der Waals surface area contributed by atoms with Crippen molar-refractivity contribution < 1.29 is 24.0 Å². The molecule has 5 rings (SSSR count). The van der Waals surface area contributed by atoms with Crippen molar-refractivity contribution in [3.05, 3.63) is 77.4 Å². The molecule has 1 saturated carbocycles. The number of Topliss-reactive ketones (excluding diaryl/α,β-unsaturated/α-hetero) is 1. The first-order chi connectivity index (χ1) is 16.0. The van der Waals surface area contributed by atoms with E-state index in [0.29, 0.717) is 19.6 Å². The van der Waals surface area contributed by atoms with Crippen molar-refractivity contribution in [3.63, 3.8) is 0 Å². The largest absolute Gasteiger partial charge is 0.486 e. The maximum Gasteiger partial charge on any atom is 0.161 e. The summed E-state index contributed by atoms with van der Waals surface area (Å²) < 4.78 is 26.1. The van der Waals surface area contributed by atoms with Gasteiger partial charge in [0.1, 0.15) is 30.0 Å². The molecule has 1 unspecified atom stereocenters. The summed E-state index contributed by atoms with van der Waals surface area (Å²) in [5, 5.41) is 0. The Morgan fingerprint density at radius 3 is 2.35 bits per heavy atom. The first kappa shape index (κ1) is 24.1. The number of ketones is 1. The van der Waals surface area contributed by atoms with Crippen LogP contribution < -0.4 is 14.2 Å². The standard InChI is InChI=1S/C27H27NO4S.H2O/c1-18-3-4-19(15-23(18)20-5-8-22(9-6-20)33(30)28-2)16-26(29)27(11-12-27)21-7-10-24-25(17-21)32-14-13-31-24;/h3-10,15,17,28H,11-14,16H2,1-2H3;1H2. The Hall–Kier alpha value is -3.00. The molecule has 1 atom stereocenters. The number of ether oxygens (including phenoxy) is 2. The number of carbonyl (C=O) groups is 1. The quantitative estimate of drug-likeness (QED) is 0.559. The highest BCUT2D eigenvalue weighted by atomic mass is 32.2. The number of benzene rings is 3. The van der Waals surface area contributed by atoms with Crippen LogP contribution in [0.15, 0.2) is 65.6 Å². The first-order valence-corrected chi connectivity index (χ1v) is 12.4. The summed E-state index contributed by atoms with van der Waals surface area (Å²) in [5.41, 5.74) is 4.89. The van der Waals surface area contributed by atoms with Crippen LogP contribution in [0, 0.1) is 6.92 Å². The number of carbonyl (C=O) groups excluding carboxylic acids is 1. The van der Waals surface area contributed by atoms with Crippen LogP contribution >= 0.6 is 0 Å². The third kappa shape index (κ3) is 4.51. The van der Waals surface area contributed by atoms with E-state index in [1.165, 1.54) is 0 Å². The molecular weight excluding hydrogens is 450 g/mol. The third-order valence-corrected chi connectivity index (χ3v) is 7.68. The second-order valence-electron chi connectivity index (χ2n) is 8.69. The lowest BCUT2D eigenvalue weighted by Crippen LogP contribution is -2.23. The van der Waals surface area contributed by atoms with Crippen LogP contribution in [0.2, 0.25) is 0 Å². The van der Waals surface area contributed by atoms with Gasteiger partial charge in [0.2, 0.25) is 0 Å². The molecule has 7 heteroatoms. The summed E-state index contributed by atoms with van der Waals surface area (Å²) in [5.74, 6) is 1.73. The summed E-state index contributed by atoms with van der Waals surface area (Å²) in [6.07, 6.45) is 2.13. The van der Waals surface area contributed by atoms with Gasteiger partial charge >= 0.3 is 0 Å². The SMILES string of the molecule is CNS(=O)c1ccc(-c2cc(CC(=O)C3(c4ccc5c(c4)OCCO5)CC3)ccc2C)cc1.O. The molecule has 1 aliphatic heterocycles. The number of hydrogen-bond acceptors (Lipinski definition) is 4. The van der Waals surface area contributed by atoms with E-state index in [4.69, 9.17) is 9.47 Å². The van der Waals surface area contributed by atoms with Crippen LogP contribution in [-0.4, -0.2) is 35.7 Å². The molecule has 2 aliphatic rings. The maximum absolute atomic E-state index is 13.4. The Morgan fingerprint density at radius 1 is 0.971 bits per heavy atom. The Kier molecular flexibility index (Phi) is 6.89. The summed E-state index contributed by atoms with van der Waals surface area (Å²) in [7, 11) is 0.466. The number of hydrogen-bond donors (Lipinski definition) is 1. The van der Waals surface area contributed by atoms with Crippen molar-refractivity contribution in [2.45, 2.75) is 36.5 Å². The van der Waals surface area contributed by atoms with Crippen LogP contribution in [0.4, 0.5) is 0 Å². The van der Waals surface area contributed by atoms with E-state index in [1.54, 1.807) is 7.05 Å². The summed E-state index contributed by atoms with van der Waals surface area (Å²) in [6, 6.07) is 19.9. The van der Waals surface area contributed by atoms with Gasteiger partial charge in [-0.3, -0.25) is 4.79 Å². The van der Waals surface area contributed by atoms with E-state index in [-0.39, 0.29) is 11.3 Å². The van der Waals surface area contributed by atoms with Gasteiger partial charge < -0.3 is 14.9 Å². The monoisotopic (exact) mass is 479 g/mol. The number of nitrogens with one attached hydrogen (secondary N) is 1. The highest BCUT2D eigenvalue weighted by molar-refractivity contribution is 7.83. The average molecular weight is 480 g/mol. The minimum Gasteiger partial charge on any atom is -0.486 e. The van der Waals surface area contributed by atoms with Crippen molar-refractivity contribution >= 4 is 16.8 Å². The van der Waals surface area contributed by atoms with Crippen molar-refractivity contribution in [1.82, 2.24) is 4.72 Å². The van der Waals surface area contributed by atoms with Crippen molar-refractivity contribution in [2.75, 3.05) is 20.3 Å². The summed E-state index contributed by atoms with van der Waals surface area (Å²) in [4.78, 5) is 14.2. The van der Waals surface area contributed by atoms with Gasteiger partial charge in [0, 0.05) is 6.42 Å². The fourth-order valence-corrected chi connectivity index (χ4v) is 5.13. The highest BCUT2D eigenvalue weighted by Crippen LogP contribution is 2.51. The van der Waals surface area contributed by atoms with Gasteiger partial charge in [-0.05, 0) is 78.9 Å². The lowest BCUT2D eigenvalue weighted by Gasteiger charge is -2.21. The van der Waals surface area contributed by atoms with Gasteiger partial charge in [-0.2, -0.15) is 0 Å². The van der Waals surface area contributed by atoms with E-state index in [9.17, 15) is 9.00 Å². The lowest BCUT2D eigenvalue weighted by atomic mass is 9.87. The molecule has 3 aromatic carbocycles. The number of aryl methyl sites for hydroxylation is 1. The van der Waals surface area contributed by atoms with Crippen LogP contribution in [-0.2, 0) is 27.6 Å². The smallest absolute Gasteiger partial charge is 0.161 e. The Bertz CT molecular complexity index is 1230. The van der Waals surface area contributed by atoms with E-state index in [1.807, 2.05) is 48.5 Å². The van der Waals surface area contributed by atoms with E-state index < -0.39 is 16.4 Å². The summed E-state index contributed by atoms with van der Waals surface area (Å²) >= 11 is 0. The second-order valence-corrected chi connectivity index (χ2v) is 10.1. The van der Waals surface area contributed by atoms with Gasteiger partial charge in [-0.15, -0.1) is 0 Å². The molecule has 3 aromatic rings. The van der Waals surface area contributed by atoms with Crippen molar-refractivity contribution in [3.8, 4) is 22.6 Å². The van der Waals surface area contributed by atoms with Gasteiger partial charge in [0.25, 0.3) is 0 Å². The zero-order valence-corrected chi connectivity index (χ0v) is 20.2. The fourth-order valence-electron chi connectivity index (χ4n) is 4.52. The van der Waals surface area contributed by atoms with Gasteiger partial charge in [0.15, 0.2) is 11.5 Å². The van der Waals surface area contributed by atoms with Gasteiger partial charge in [0.05, 0.1) is 10.3 Å². The predicted molar refractivity (Wildman–Crippen MR) is 133 cm³/mol. The topological polar surface area (TPSA) is 96.1 Å². The molecule has 1 heterocycles. The van der Waals surface area contributed by atoms with Crippen LogP contribution in [0.5, 0.6) is 11.5 Å². The fraction of sp³-hybridized carbons (Fsp3) is 0.296. The zero-order valence-electron chi connectivity index (χ0n) is 19.4. The maximum atomic E-state index is 13.4. The molecule has 6 nitrogen and oxygen atoms in total.